The highest BCUT2D eigenvalue weighted by atomic mass is 15.1. The zero-order valence-corrected chi connectivity index (χ0v) is 16.1. The molecule has 25 heavy (non-hydrogen) atoms. The minimum Gasteiger partial charge on any atom is -0.375 e. The summed E-state index contributed by atoms with van der Waals surface area (Å²) >= 11 is 0. The summed E-state index contributed by atoms with van der Waals surface area (Å²) in [6, 6.07) is 17.6. The van der Waals surface area contributed by atoms with Gasteiger partial charge in [-0.3, -0.25) is 0 Å². The summed E-state index contributed by atoms with van der Waals surface area (Å²) in [5.41, 5.74) is 6.66. The predicted molar refractivity (Wildman–Crippen MR) is 109 cm³/mol. The summed E-state index contributed by atoms with van der Waals surface area (Å²) in [5.74, 6) is 0. The van der Waals surface area contributed by atoms with Crippen molar-refractivity contribution in [1.82, 2.24) is 0 Å². The third-order valence-electron chi connectivity index (χ3n) is 5.36. The van der Waals surface area contributed by atoms with Gasteiger partial charge in [0.1, 0.15) is 6.54 Å². The van der Waals surface area contributed by atoms with Gasteiger partial charge in [0.2, 0.25) is 5.69 Å². The summed E-state index contributed by atoms with van der Waals surface area (Å²) in [6.07, 6.45) is 4.53. The number of rotatable bonds is 5. The van der Waals surface area contributed by atoms with Crippen molar-refractivity contribution >= 4 is 23.2 Å². The third kappa shape index (κ3) is 3.13. The van der Waals surface area contributed by atoms with E-state index in [4.69, 9.17) is 0 Å². The van der Waals surface area contributed by atoms with E-state index >= 15 is 0 Å². The van der Waals surface area contributed by atoms with Gasteiger partial charge in [-0.25, -0.2) is 0 Å². The number of hydrogen-bond donors (Lipinski definition) is 0. The third-order valence-corrected chi connectivity index (χ3v) is 5.36. The molecule has 0 bridgehead atoms. The first-order chi connectivity index (χ1) is 12.0. The van der Waals surface area contributed by atoms with Gasteiger partial charge in [0.05, 0.1) is 5.41 Å². The van der Waals surface area contributed by atoms with Crippen molar-refractivity contribution in [2.75, 3.05) is 25.0 Å². The molecule has 1 heterocycles. The van der Waals surface area contributed by atoms with E-state index in [9.17, 15) is 0 Å². The maximum Gasteiger partial charge on any atom is 0.209 e. The predicted octanol–water partition coefficient (Wildman–Crippen LogP) is 5.25. The van der Waals surface area contributed by atoms with Crippen LogP contribution in [0.3, 0.4) is 0 Å². The molecule has 0 amide bonds. The number of para-hydroxylation sites is 1. The van der Waals surface area contributed by atoms with Crippen molar-refractivity contribution in [3.63, 3.8) is 0 Å². The topological polar surface area (TPSA) is 6.25 Å². The Kier molecular flexibility index (Phi) is 4.80. The molecular weight excluding hydrogens is 304 g/mol. The Hall–Kier alpha value is -2.35. The van der Waals surface area contributed by atoms with Crippen LogP contribution in [-0.4, -0.2) is 30.4 Å². The molecule has 1 aliphatic rings. The van der Waals surface area contributed by atoms with E-state index < -0.39 is 0 Å². The minimum absolute atomic E-state index is 0.0332. The molecule has 0 fully saturated rings. The van der Waals surface area contributed by atoms with Crippen LogP contribution in [0, 0.1) is 0 Å². The standard InChI is InChI=1S/C23H29N2/c1-6-24(5)19-15-12-18(13-16-19)14-17-22-23(3,4)20-10-8-9-11-21(20)25(22)7-2/h8-17H,6-7H2,1-5H3/q+1. The molecule has 0 unspecified atom stereocenters. The molecule has 2 nitrogen and oxygen atoms in total. The normalized spacial score (nSPS) is 15.7. The Bertz CT molecular complexity index is 810. The summed E-state index contributed by atoms with van der Waals surface area (Å²) in [6.45, 7) is 11.0. The molecule has 2 heteroatoms. The largest absolute Gasteiger partial charge is 0.375 e. The monoisotopic (exact) mass is 333 g/mol. The number of benzene rings is 2. The van der Waals surface area contributed by atoms with Crippen LogP contribution in [0.4, 0.5) is 11.4 Å². The zero-order valence-electron chi connectivity index (χ0n) is 16.1. The van der Waals surface area contributed by atoms with Gasteiger partial charge in [-0.2, -0.15) is 4.58 Å². The van der Waals surface area contributed by atoms with E-state index in [1.807, 2.05) is 0 Å². The minimum atomic E-state index is 0.0332. The number of allylic oxidation sites excluding steroid dienone is 1. The second kappa shape index (κ2) is 6.87. The van der Waals surface area contributed by atoms with Crippen LogP contribution >= 0.6 is 0 Å². The molecule has 0 saturated heterocycles. The van der Waals surface area contributed by atoms with Crippen LogP contribution in [0.25, 0.3) is 6.08 Å². The van der Waals surface area contributed by atoms with Crippen molar-refractivity contribution in [2.45, 2.75) is 33.1 Å². The van der Waals surface area contributed by atoms with Gasteiger partial charge in [0.25, 0.3) is 0 Å². The van der Waals surface area contributed by atoms with E-state index in [1.165, 1.54) is 28.2 Å². The molecule has 0 aliphatic carbocycles. The fraction of sp³-hybridized carbons (Fsp3) is 0.348. The Morgan fingerprint density at radius 2 is 1.64 bits per heavy atom. The second-order valence-electron chi connectivity index (χ2n) is 7.21. The van der Waals surface area contributed by atoms with E-state index in [-0.39, 0.29) is 5.41 Å². The summed E-state index contributed by atoms with van der Waals surface area (Å²) in [4.78, 5) is 2.25. The highest BCUT2D eigenvalue weighted by Crippen LogP contribution is 2.39. The Labute approximate surface area is 152 Å². The van der Waals surface area contributed by atoms with Gasteiger partial charge in [-0.05, 0) is 51.5 Å². The summed E-state index contributed by atoms with van der Waals surface area (Å²) in [7, 11) is 2.12. The highest BCUT2D eigenvalue weighted by molar-refractivity contribution is 6.05. The maximum absolute atomic E-state index is 2.44. The Balaban J connectivity index is 1.93. The van der Waals surface area contributed by atoms with Crippen LogP contribution in [0.15, 0.2) is 54.6 Å². The fourth-order valence-electron chi connectivity index (χ4n) is 3.68. The van der Waals surface area contributed by atoms with Crippen molar-refractivity contribution in [2.24, 2.45) is 0 Å². The van der Waals surface area contributed by atoms with Crippen LogP contribution in [0.5, 0.6) is 0 Å². The molecule has 3 rings (SSSR count). The molecule has 0 radical (unpaired) electrons. The first kappa shape index (κ1) is 17.5. The summed E-state index contributed by atoms with van der Waals surface area (Å²) < 4.78 is 2.44. The van der Waals surface area contributed by atoms with Gasteiger partial charge in [-0.15, -0.1) is 0 Å². The van der Waals surface area contributed by atoms with E-state index in [0.717, 1.165) is 13.1 Å². The van der Waals surface area contributed by atoms with Gasteiger partial charge < -0.3 is 4.90 Å². The lowest BCUT2D eigenvalue weighted by Crippen LogP contribution is -2.27. The van der Waals surface area contributed by atoms with Crippen LogP contribution < -0.4 is 4.90 Å². The first-order valence-corrected chi connectivity index (χ1v) is 9.22. The Morgan fingerprint density at radius 1 is 0.960 bits per heavy atom. The lowest BCUT2D eigenvalue weighted by molar-refractivity contribution is -0.433. The molecule has 2 aromatic rings. The fourth-order valence-corrected chi connectivity index (χ4v) is 3.68. The average molecular weight is 333 g/mol. The number of nitrogens with zero attached hydrogens (tertiary/aromatic N) is 2. The van der Waals surface area contributed by atoms with Crippen molar-refractivity contribution in [3.05, 3.63) is 65.7 Å². The number of fused-ring (bicyclic) bond motifs is 1. The molecule has 130 valence electrons. The number of hydrogen-bond acceptors (Lipinski definition) is 1. The van der Waals surface area contributed by atoms with Gasteiger partial charge in [0, 0.05) is 37.0 Å². The van der Waals surface area contributed by atoms with E-state index in [0.29, 0.717) is 0 Å². The average Bonchev–Trinajstić information content (AvgIpc) is 2.86. The molecule has 0 saturated carbocycles. The zero-order chi connectivity index (χ0) is 18.0. The molecule has 1 aliphatic heterocycles. The Morgan fingerprint density at radius 3 is 2.28 bits per heavy atom. The van der Waals surface area contributed by atoms with Crippen LogP contribution in [0.1, 0.15) is 38.8 Å². The lowest BCUT2D eigenvalue weighted by Gasteiger charge is -2.16. The number of anilines is 1. The van der Waals surface area contributed by atoms with E-state index in [1.54, 1.807) is 0 Å². The van der Waals surface area contributed by atoms with Crippen LogP contribution in [-0.2, 0) is 5.41 Å². The van der Waals surface area contributed by atoms with E-state index in [2.05, 4.69) is 105 Å². The lowest BCUT2D eigenvalue weighted by atomic mass is 9.81. The van der Waals surface area contributed by atoms with Crippen LogP contribution in [0.2, 0.25) is 0 Å². The van der Waals surface area contributed by atoms with Gasteiger partial charge in [-0.1, -0.05) is 30.3 Å². The molecule has 2 aromatic carbocycles. The molecule has 0 aromatic heterocycles. The molecule has 0 N–H and O–H groups in total. The second-order valence-corrected chi connectivity index (χ2v) is 7.21. The maximum atomic E-state index is 2.44. The molecular formula is C23H29N2+. The van der Waals surface area contributed by atoms with Gasteiger partial charge >= 0.3 is 0 Å². The smallest absolute Gasteiger partial charge is 0.209 e. The first-order valence-electron chi connectivity index (χ1n) is 9.22. The van der Waals surface area contributed by atoms with Crippen molar-refractivity contribution < 1.29 is 4.58 Å². The van der Waals surface area contributed by atoms with Gasteiger partial charge in [0.15, 0.2) is 5.71 Å². The quantitative estimate of drug-likeness (QED) is 0.677. The van der Waals surface area contributed by atoms with Crippen molar-refractivity contribution in [1.29, 1.82) is 0 Å². The highest BCUT2D eigenvalue weighted by Gasteiger charge is 2.43. The molecule has 0 spiro atoms. The SMILES string of the molecule is CCN(C)c1ccc(/C=C/C2=[N+](CC)c3ccccc3C2(C)C)cc1. The van der Waals surface area contributed by atoms with Crippen molar-refractivity contribution in [3.8, 4) is 0 Å². The summed E-state index contributed by atoms with van der Waals surface area (Å²) in [5, 5.41) is 0. The molecule has 0 atom stereocenters.